The van der Waals surface area contributed by atoms with Gasteiger partial charge in [-0.25, -0.2) is 0 Å². The van der Waals surface area contributed by atoms with Gasteiger partial charge in [-0.1, -0.05) is 0 Å². The van der Waals surface area contributed by atoms with Crippen LogP contribution in [0.5, 0.6) is 0 Å². The normalized spacial score (nSPS) is 10.3. The van der Waals surface area contributed by atoms with E-state index in [4.69, 9.17) is 5.73 Å². The van der Waals surface area contributed by atoms with Crippen LogP contribution in [0.2, 0.25) is 0 Å². The summed E-state index contributed by atoms with van der Waals surface area (Å²) in [5, 5.41) is 0. The first-order chi connectivity index (χ1) is 6.52. The monoisotopic (exact) mass is 192 g/mol. The van der Waals surface area contributed by atoms with E-state index in [2.05, 4.69) is 0 Å². The number of nitrogen functional groups attached to an aromatic ring is 1. The zero-order valence-electron chi connectivity index (χ0n) is 8.82. The lowest BCUT2D eigenvalue weighted by Gasteiger charge is -2.21. The molecule has 0 atom stereocenters. The van der Waals surface area contributed by atoms with Gasteiger partial charge in [0.2, 0.25) is 0 Å². The van der Waals surface area contributed by atoms with Crippen LogP contribution in [0, 0.1) is 0 Å². The van der Waals surface area contributed by atoms with Gasteiger partial charge in [-0.2, -0.15) is 0 Å². The molecule has 14 heavy (non-hydrogen) atoms. The lowest BCUT2D eigenvalue weighted by molar-refractivity contribution is 0.0755. The standard InChI is InChI=1S/C11H16N2O/c1-8(2)13(3)11(14)9-4-6-10(12)7-5-9/h4-8H,12H2,1-3H3. The summed E-state index contributed by atoms with van der Waals surface area (Å²) in [6.45, 7) is 3.96. The third-order valence-electron chi connectivity index (χ3n) is 2.25. The van der Waals surface area contributed by atoms with Gasteiger partial charge in [-0.05, 0) is 38.1 Å². The fourth-order valence-corrected chi connectivity index (χ4v) is 1.06. The number of carbonyl (C=O) groups excluding carboxylic acids is 1. The Labute approximate surface area is 84.5 Å². The van der Waals surface area contributed by atoms with Crippen molar-refractivity contribution in [1.29, 1.82) is 0 Å². The Bertz CT molecular complexity index is 317. The van der Waals surface area contributed by atoms with Gasteiger partial charge < -0.3 is 10.6 Å². The fraction of sp³-hybridized carbons (Fsp3) is 0.364. The highest BCUT2D eigenvalue weighted by Gasteiger charge is 2.13. The molecule has 0 spiro atoms. The number of rotatable bonds is 2. The summed E-state index contributed by atoms with van der Waals surface area (Å²) >= 11 is 0. The van der Waals surface area contributed by atoms with Crippen molar-refractivity contribution in [1.82, 2.24) is 4.90 Å². The van der Waals surface area contributed by atoms with Crippen molar-refractivity contribution in [2.75, 3.05) is 12.8 Å². The molecule has 0 radical (unpaired) electrons. The largest absolute Gasteiger partial charge is 0.399 e. The lowest BCUT2D eigenvalue weighted by Crippen LogP contribution is -2.32. The Hall–Kier alpha value is -1.51. The summed E-state index contributed by atoms with van der Waals surface area (Å²) in [6, 6.07) is 7.18. The van der Waals surface area contributed by atoms with Gasteiger partial charge in [0.15, 0.2) is 0 Å². The molecule has 1 aromatic rings. The quantitative estimate of drug-likeness (QED) is 0.725. The highest BCUT2D eigenvalue weighted by atomic mass is 16.2. The number of hydrogen-bond donors (Lipinski definition) is 1. The van der Waals surface area contributed by atoms with E-state index in [-0.39, 0.29) is 11.9 Å². The van der Waals surface area contributed by atoms with E-state index in [0.29, 0.717) is 11.3 Å². The first-order valence-electron chi connectivity index (χ1n) is 4.65. The molecular formula is C11H16N2O. The Balaban J connectivity index is 2.84. The maximum Gasteiger partial charge on any atom is 0.253 e. The van der Waals surface area contributed by atoms with Crippen LogP contribution >= 0.6 is 0 Å². The molecule has 0 fully saturated rings. The van der Waals surface area contributed by atoms with E-state index in [1.807, 2.05) is 13.8 Å². The Kier molecular flexibility index (Phi) is 3.12. The molecule has 2 N–H and O–H groups in total. The van der Waals surface area contributed by atoms with E-state index in [1.54, 1.807) is 36.2 Å². The van der Waals surface area contributed by atoms with E-state index in [9.17, 15) is 4.79 Å². The van der Waals surface area contributed by atoms with Gasteiger partial charge >= 0.3 is 0 Å². The van der Waals surface area contributed by atoms with E-state index in [1.165, 1.54) is 0 Å². The zero-order valence-corrected chi connectivity index (χ0v) is 8.82. The number of nitrogens with zero attached hydrogens (tertiary/aromatic N) is 1. The van der Waals surface area contributed by atoms with Crippen LogP contribution in [0.1, 0.15) is 24.2 Å². The number of nitrogens with two attached hydrogens (primary N) is 1. The highest BCUT2D eigenvalue weighted by molar-refractivity contribution is 5.94. The molecule has 0 unspecified atom stereocenters. The molecule has 0 heterocycles. The van der Waals surface area contributed by atoms with Gasteiger partial charge in [-0.15, -0.1) is 0 Å². The molecule has 0 bridgehead atoms. The Morgan fingerprint density at radius 2 is 1.79 bits per heavy atom. The Morgan fingerprint density at radius 1 is 1.29 bits per heavy atom. The molecule has 1 rings (SSSR count). The summed E-state index contributed by atoms with van der Waals surface area (Å²) in [5.74, 6) is 0.0278. The summed E-state index contributed by atoms with van der Waals surface area (Å²) in [7, 11) is 1.79. The molecule has 3 heteroatoms. The van der Waals surface area contributed by atoms with Crippen LogP contribution in [-0.2, 0) is 0 Å². The third-order valence-corrected chi connectivity index (χ3v) is 2.25. The maximum atomic E-state index is 11.8. The molecule has 0 aliphatic carbocycles. The SMILES string of the molecule is CC(C)N(C)C(=O)c1ccc(N)cc1. The second kappa shape index (κ2) is 4.13. The average Bonchev–Trinajstić information content (AvgIpc) is 2.16. The molecule has 0 aromatic heterocycles. The van der Waals surface area contributed by atoms with E-state index < -0.39 is 0 Å². The molecule has 0 aliphatic rings. The zero-order chi connectivity index (χ0) is 10.7. The van der Waals surface area contributed by atoms with Crippen molar-refractivity contribution >= 4 is 11.6 Å². The molecule has 76 valence electrons. The molecular weight excluding hydrogens is 176 g/mol. The second-order valence-electron chi connectivity index (χ2n) is 3.63. The first kappa shape index (κ1) is 10.6. The number of carbonyl (C=O) groups is 1. The van der Waals surface area contributed by atoms with Crippen molar-refractivity contribution in [2.24, 2.45) is 0 Å². The minimum atomic E-state index is 0.0278. The predicted octanol–water partition coefficient (Wildman–Crippen LogP) is 1.75. The van der Waals surface area contributed by atoms with E-state index in [0.717, 1.165) is 0 Å². The molecule has 0 aliphatic heterocycles. The molecule has 1 aromatic carbocycles. The van der Waals surface area contributed by atoms with Crippen LogP contribution < -0.4 is 5.73 Å². The van der Waals surface area contributed by atoms with Crippen molar-refractivity contribution in [3.8, 4) is 0 Å². The van der Waals surface area contributed by atoms with Crippen molar-refractivity contribution < 1.29 is 4.79 Å². The highest BCUT2D eigenvalue weighted by Crippen LogP contribution is 2.09. The molecule has 0 saturated carbocycles. The van der Waals surface area contributed by atoms with Crippen LogP contribution in [0.25, 0.3) is 0 Å². The van der Waals surface area contributed by atoms with Gasteiger partial charge in [0.05, 0.1) is 0 Å². The minimum absolute atomic E-state index is 0.0278. The smallest absolute Gasteiger partial charge is 0.253 e. The number of anilines is 1. The summed E-state index contributed by atoms with van der Waals surface area (Å²) < 4.78 is 0. The fourth-order valence-electron chi connectivity index (χ4n) is 1.06. The average molecular weight is 192 g/mol. The van der Waals surface area contributed by atoms with Crippen LogP contribution in [0.3, 0.4) is 0 Å². The maximum absolute atomic E-state index is 11.8. The summed E-state index contributed by atoms with van der Waals surface area (Å²) in [6.07, 6.45) is 0. The van der Waals surface area contributed by atoms with Crippen molar-refractivity contribution in [2.45, 2.75) is 19.9 Å². The first-order valence-corrected chi connectivity index (χ1v) is 4.65. The van der Waals surface area contributed by atoms with Gasteiger partial charge in [0, 0.05) is 24.3 Å². The van der Waals surface area contributed by atoms with Crippen molar-refractivity contribution in [3.05, 3.63) is 29.8 Å². The van der Waals surface area contributed by atoms with Crippen LogP contribution in [0.4, 0.5) is 5.69 Å². The van der Waals surface area contributed by atoms with Crippen LogP contribution in [-0.4, -0.2) is 23.9 Å². The Morgan fingerprint density at radius 3 is 2.21 bits per heavy atom. The second-order valence-corrected chi connectivity index (χ2v) is 3.63. The van der Waals surface area contributed by atoms with Crippen molar-refractivity contribution in [3.63, 3.8) is 0 Å². The minimum Gasteiger partial charge on any atom is -0.399 e. The molecule has 1 amide bonds. The molecule has 0 saturated heterocycles. The number of benzene rings is 1. The van der Waals surface area contributed by atoms with Gasteiger partial charge in [-0.3, -0.25) is 4.79 Å². The van der Waals surface area contributed by atoms with Crippen LogP contribution in [0.15, 0.2) is 24.3 Å². The topological polar surface area (TPSA) is 46.3 Å². The summed E-state index contributed by atoms with van der Waals surface area (Å²) in [4.78, 5) is 13.5. The third kappa shape index (κ3) is 2.25. The summed E-state index contributed by atoms with van der Waals surface area (Å²) in [5.41, 5.74) is 6.89. The molecule has 3 nitrogen and oxygen atoms in total. The van der Waals surface area contributed by atoms with E-state index >= 15 is 0 Å². The number of amides is 1. The number of hydrogen-bond acceptors (Lipinski definition) is 2. The van der Waals surface area contributed by atoms with Gasteiger partial charge in [0.1, 0.15) is 0 Å². The van der Waals surface area contributed by atoms with Gasteiger partial charge in [0.25, 0.3) is 5.91 Å². The predicted molar refractivity (Wildman–Crippen MR) is 58.1 cm³/mol. The lowest BCUT2D eigenvalue weighted by atomic mass is 10.1.